The molecule has 2 aromatic carbocycles. The van der Waals surface area contributed by atoms with Crippen molar-refractivity contribution < 1.29 is 17.9 Å². The molecule has 27 heavy (non-hydrogen) atoms. The molecule has 144 valence electrons. The van der Waals surface area contributed by atoms with E-state index in [2.05, 4.69) is 10.0 Å². The van der Waals surface area contributed by atoms with Crippen LogP contribution in [0.25, 0.3) is 6.08 Å². The lowest BCUT2D eigenvalue weighted by molar-refractivity contribution is -0.117. The fourth-order valence-electron chi connectivity index (χ4n) is 2.39. The minimum atomic E-state index is -3.68. The molecule has 1 amide bonds. The summed E-state index contributed by atoms with van der Waals surface area (Å²) >= 11 is 5.86. The minimum Gasteiger partial charge on any atom is -0.495 e. The normalized spacial score (nSPS) is 12.7. The van der Waals surface area contributed by atoms with E-state index in [1.54, 1.807) is 18.2 Å². The summed E-state index contributed by atoms with van der Waals surface area (Å²) in [5.41, 5.74) is 1.48. The topological polar surface area (TPSA) is 84.5 Å². The van der Waals surface area contributed by atoms with Crippen LogP contribution in [0.5, 0.6) is 5.75 Å². The van der Waals surface area contributed by atoms with Gasteiger partial charge in [0, 0.05) is 11.1 Å². The molecule has 0 bridgehead atoms. The van der Waals surface area contributed by atoms with Crippen LogP contribution in [-0.4, -0.2) is 28.5 Å². The number of hydrogen-bond acceptors (Lipinski definition) is 4. The van der Waals surface area contributed by atoms with Crippen LogP contribution in [0, 0.1) is 0 Å². The number of carbonyl (C=O) groups excluding carboxylic acids is 1. The highest BCUT2D eigenvalue weighted by Gasteiger charge is 2.17. The van der Waals surface area contributed by atoms with Crippen molar-refractivity contribution in [2.24, 2.45) is 0 Å². The third-order valence-electron chi connectivity index (χ3n) is 3.90. The average molecular weight is 409 g/mol. The van der Waals surface area contributed by atoms with Crippen molar-refractivity contribution in [1.82, 2.24) is 10.0 Å². The average Bonchev–Trinajstić information content (AvgIpc) is 2.66. The Balaban J connectivity index is 2.14. The van der Waals surface area contributed by atoms with E-state index in [-0.39, 0.29) is 22.6 Å². The van der Waals surface area contributed by atoms with Gasteiger partial charge in [-0.2, -0.15) is 0 Å². The molecule has 1 unspecified atom stereocenters. The molecule has 0 fully saturated rings. The first-order valence-electron chi connectivity index (χ1n) is 8.12. The number of hydrogen-bond donors (Lipinski definition) is 2. The van der Waals surface area contributed by atoms with Crippen LogP contribution in [0.3, 0.4) is 0 Å². The molecule has 2 rings (SSSR count). The van der Waals surface area contributed by atoms with Gasteiger partial charge in [-0.3, -0.25) is 4.79 Å². The molecular formula is C19H21ClN2O4S. The molecule has 0 aliphatic carbocycles. The Kier molecular flexibility index (Phi) is 7.01. The predicted octanol–water partition coefficient (Wildman–Crippen LogP) is 3.15. The molecule has 0 heterocycles. The lowest BCUT2D eigenvalue weighted by Crippen LogP contribution is -2.24. The molecule has 2 N–H and O–H groups in total. The van der Waals surface area contributed by atoms with E-state index in [9.17, 15) is 13.2 Å². The highest BCUT2D eigenvalue weighted by atomic mass is 35.5. The van der Waals surface area contributed by atoms with Crippen molar-refractivity contribution in [3.8, 4) is 5.75 Å². The van der Waals surface area contributed by atoms with Gasteiger partial charge < -0.3 is 10.1 Å². The van der Waals surface area contributed by atoms with E-state index in [0.717, 1.165) is 5.56 Å². The maximum atomic E-state index is 12.1. The third kappa shape index (κ3) is 5.56. The quantitative estimate of drug-likeness (QED) is 0.689. The van der Waals surface area contributed by atoms with Crippen LogP contribution in [0.2, 0.25) is 5.02 Å². The Morgan fingerprint density at radius 2 is 1.85 bits per heavy atom. The van der Waals surface area contributed by atoms with Crippen LogP contribution in [0.4, 0.5) is 0 Å². The molecular weight excluding hydrogens is 388 g/mol. The lowest BCUT2D eigenvalue weighted by Gasteiger charge is -2.13. The Labute approximate surface area is 164 Å². The second kappa shape index (κ2) is 9.03. The number of benzene rings is 2. The zero-order valence-corrected chi connectivity index (χ0v) is 16.8. The van der Waals surface area contributed by atoms with Gasteiger partial charge in [-0.1, -0.05) is 29.8 Å². The van der Waals surface area contributed by atoms with Crippen molar-refractivity contribution in [2.75, 3.05) is 14.2 Å². The molecule has 0 spiro atoms. The SMILES string of the molecule is CNS(=O)(=O)c1cc(/C=C/C(=O)NC(C)c2ccc(Cl)cc2)ccc1OC. The summed E-state index contributed by atoms with van der Waals surface area (Å²) < 4.78 is 31.5. The number of methoxy groups -OCH3 is 1. The molecule has 2 aromatic rings. The molecule has 0 radical (unpaired) electrons. The van der Waals surface area contributed by atoms with Crippen LogP contribution in [0.15, 0.2) is 53.4 Å². The summed E-state index contributed by atoms with van der Waals surface area (Å²) in [5, 5.41) is 3.47. The van der Waals surface area contributed by atoms with Crippen molar-refractivity contribution in [3.05, 3.63) is 64.7 Å². The first-order chi connectivity index (χ1) is 12.8. The van der Waals surface area contributed by atoms with Gasteiger partial charge in [0.1, 0.15) is 10.6 Å². The first-order valence-corrected chi connectivity index (χ1v) is 9.98. The number of ether oxygens (including phenoxy) is 1. The van der Waals surface area contributed by atoms with E-state index in [1.807, 2.05) is 19.1 Å². The van der Waals surface area contributed by atoms with Crippen molar-refractivity contribution in [2.45, 2.75) is 17.9 Å². The fraction of sp³-hybridized carbons (Fsp3) is 0.211. The highest BCUT2D eigenvalue weighted by Crippen LogP contribution is 2.25. The van der Waals surface area contributed by atoms with Crippen molar-refractivity contribution >= 4 is 33.6 Å². The fourth-order valence-corrected chi connectivity index (χ4v) is 3.44. The summed E-state index contributed by atoms with van der Waals surface area (Å²) in [6.07, 6.45) is 2.89. The van der Waals surface area contributed by atoms with Crippen LogP contribution < -0.4 is 14.8 Å². The molecule has 1 atom stereocenters. The number of nitrogens with one attached hydrogen (secondary N) is 2. The molecule has 0 saturated carbocycles. The number of halogens is 1. The number of amides is 1. The van der Waals surface area contributed by atoms with Crippen LogP contribution in [-0.2, 0) is 14.8 Å². The molecule has 6 nitrogen and oxygen atoms in total. The van der Waals surface area contributed by atoms with Crippen molar-refractivity contribution in [1.29, 1.82) is 0 Å². The summed E-state index contributed by atoms with van der Waals surface area (Å²) in [5.74, 6) is -0.0754. The largest absolute Gasteiger partial charge is 0.495 e. The van der Waals surface area contributed by atoms with Crippen molar-refractivity contribution in [3.63, 3.8) is 0 Å². The highest BCUT2D eigenvalue weighted by molar-refractivity contribution is 7.89. The maximum absolute atomic E-state index is 12.1. The summed E-state index contributed by atoms with van der Waals surface area (Å²) in [4.78, 5) is 12.2. The van der Waals surface area contributed by atoms with E-state index in [1.165, 1.54) is 38.4 Å². The Bertz CT molecular complexity index is 941. The first kappa shape index (κ1) is 21.0. The van der Waals surface area contributed by atoms with Gasteiger partial charge in [-0.15, -0.1) is 0 Å². The van der Waals surface area contributed by atoms with Gasteiger partial charge in [0.05, 0.1) is 13.2 Å². The van der Waals surface area contributed by atoms with Gasteiger partial charge >= 0.3 is 0 Å². The van der Waals surface area contributed by atoms with E-state index >= 15 is 0 Å². The third-order valence-corrected chi connectivity index (χ3v) is 5.59. The Morgan fingerprint density at radius 3 is 2.44 bits per heavy atom. The van der Waals surface area contributed by atoms with E-state index in [0.29, 0.717) is 10.6 Å². The van der Waals surface area contributed by atoms with Crippen LogP contribution in [0.1, 0.15) is 24.1 Å². The molecule has 0 aliphatic heterocycles. The Hall–Kier alpha value is -2.35. The van der Waals surface area contributed by atoms with Gasteiger partial charge in [-0.05, 0) is 55.4 Å². The van der Waals surface area contributed by atoms with E-state index in [4.69, 9.17) is 16.3 Å². The maximum Gasteiger partial charge on any atom is 0.244 e. The lowest BCUT2D eigenvalue weighted by atomic mass is 10.1. The summed E-state index contributed by atoms with van der Waals surface area (Å²) in [7, 11) is -0.965. The van der Waals surface area contributed by atoms with Crippen LogP contribution >= 0.6 is 11.6 Å². The second-order valence-electron chi connectivity index (χ2n) is 5.73. The second-order valence-corrected chi connectivity index (χ2v) is 8.02. The molecule has 8 heteroatoms. The van der Waals surface area contributed by atoms with Gasteiger partial charge in [0.2, 0.25) is 15.9 Å². The molecule has 0 saturated heterocycles. The Morgan fingerprint density at radius 1 is 1.19 bits per heavy atom. The van der Waals surface area contributed by atoms with E-state index < -0.39 is 10.0 Å². The number of carbonyl (C=O) groups is 1. The molecule has 0 aliphatic rings. The number of rotatable bonds is 7. The molecule has 0 aromatic heterocycles. The smallest absolute Gasteiger partial charge is 0.244 e. The summed E-state index contributed by atoms with van der Waals surface area (Å²) in [6, 6.07) is 11.7. The van der Waals surface area contributed by atoms with Gasteiger partial charge in [0.25, 0.3) is 0 Å². The van der Waals surface area contributed by atoms with Gasteiger partial charge in [-0.25, -0.2) is 13.1 Å². The standard InChI is InChI=1S/C19H21ClN2O4S/c1-13(15-6-8-16(20)9-7-15)22-19(23)11-5-14-4-10-17(26-3)18(12-14)27(24,25)21-2/h4-13,21H,1-3H3,(H,22,23)/b11-5+. The number of sulfonamides is 1. The minimum absolute atomic E-state index is 0.00425. The predicted molar refractivity (Wildman–Crippen MR) is 106 cm³/mol. The zero-order valence-electron chi connectivity index (χ0n) is 15.2. The zero-order chi connectivity index (χ0) is 20.0. The monoisotopic (exact) mass is 408 g/mol. The summed E-state index contributed by atoms with van der Waals surface area (Å²) in [6.45, 7) is 1.86. The van der Waals surface area contributed by atoms with Gasteiger partial charge in [0.15, 0.2) is 0 Å².